The van der Waals surface area contributed by atoms with Crippen molar-refractivity contribution in [1.82, 2.24) is 20.0 Å². The summed E-state index contributed by atoms with van der Waals surface area (Å²) in [6, 6.07) is 10.5. The smallest absolute Gasteiger partial charge is 0.194 e. The molecular weight excluding hydrogens is 314 g/mol. The van der Waals surface area contributed by atoms with Crippen LogP contribution in [-0.4, -0.2) is 53.4 Å². The molecule has 1 aromatic heterocycles. The molecule has 1 aliphatic rings. The fraction of sp³-hybridized carbons (Fsp3) is 0.474. The van der Waals surface area contributed by atoms with Crippen molar-refractivity contribution >= 4 is 5.96 Å². The van der Waals surface area contributed by atoms with Gasteiger partial charge in [-0.3, -0.25) is 9.67 Å². The maximum Gasteiger partial charge on any atom is 0.194 e. The molecule has 3 rings (SSSR count). The second-order valence-corrected chi connectivity index (χ2v) is 6.22. The van der Waals surface area contributed by atoms with Gasteiger partial charge < -0.3 is 15.0 Å². The molecule has 6 nitrogen and oxygen atoms in total. The average Bonchev–Trinajstić information content (AvgIpc) is 3.08. The summed E-state index contributed by atoms with van der Waals surface area (Å²) in [5, 5.41) is 7.67. The van der Waals surface area contributed by atoms with Gasteiger partial charge in [-0.2, -0.15) is 5.10 Å². The van der Waals surface area contributed by atoms with E-state index in [9.17, 15) is 0 Å². The van der Waals surface area contributed by atoms with Crippen LogP contribution in [0.25, 0.3) is 0 Å². The van der Waals surface area contributed by atoms with E-state index in [4.69, 9.17) is 9.73 Å². The van der Waals surface area contributed by atoms with E-state index >= 15 is 0 Å². The second-order valence-electron chi connectivity index (χ2n) is 6.22. The van der Waals surface area contributed by atoms with Crippen molar-refractivity contribution in [3.05, 3.63) is 53.9 Å². The molecule has 0 spiro atoms. The van der Waals surface area contributed by atoms with Gasteiger partial charge in [0.2, 0.25) is 0 Å². The number of hydrogen-bond acceptors (Lipinski definition) is 3. The van der Waals surface area contributed by atoms with Crippen LogP contribution in [-0.2, 0) is 18.2 Å². The Morgan fingerprint density at radius 2 is 2.20 bits per heavy atom. The lowest BCUT2D eigenvalue weighted by molar-refractivity contribution is -0.00803. The Labute approximate surface area is 149 Å². The highest BCUT2D eigenvalue weighted by Crippen LogP contribution is 2.21. The van der Waals surface area contributed by atoms with Crippen LogP contribution in [0.4, 0.5) is 0 Å². The van der Waals surface area contributed by atoms with Gasteiger partial charge >= 0.3 is 0 Å². The molecule has 0 radical (unpaired) electrons. The van der Waals surface area contributed by atoms with Gasteiger partial charge in [0, 0.05) is 38.4 Å². The van der Waals surface area contributed by atoms with Gasteiger partial charge in [0.1, 0.15) is 6.10 Å². The van der Waals surface area contributed by atoms with Crippen LogP contribution in [0.5, 0.6) is 0 Å². The number of aromatic nitrogens is 2. The highest BCUT2D eigenvalue weighted by Gasteiger charge is 2.25. The summed E-state index contributed by atoms with van der Waals surface area (Å²) in [7, 11) is 1.93. The summed E-state index contributed by atoms with van der Waals surface area (Å²) in [4.78, 5) is 7.11. The van der Waals surface area contributed by atoms with E-state index < -0.39 is 0 Å². The molecule has 1 unspecified atom stereocenters. The first-order valence-corrected chi connectivity index (χ1v) is 8.93. The van der Waals surface area contributed by atoms with Crippen molar-refractivity contribution in [2.45, 2.75) is 19.4 Å². The fourth-order valence-electron chi connectivity index (χ4n) is 3.01. The van der Waals surface area contributed by atoms with Crippen molar-refractivity contribution < 1.29 is 4.74 Å². The Morgan fingerprint density at radius 1 is 1.36 bits per heavy atom. The van der Waals surface area contributed by atoms with E-state index in [1.54, 1.807) is 0 Å². The van der Waals surface area contributed by atoms with Gasteiger partial charge in [0.25, 0.3) is 0 Å². The van der Waals surface area contributed by atoms with Crippen LogP contribution in [0.3, 0.4) is 0 Å². The molecule has 0 aliphatic carbocycles. The third kappa shape index (κ3) is 4.82. The lowest BCUT2D eigenvalue weighted by Crippen LogP contribution is -2.48. The summed E-state index contributed by atoms with van der Waals surface area (Å²) >= 11 is 0. The molecule has 25 heavy (non-hydrogen) atoms. The van der Waals surface area contributed by atoms with Crippen LogP contribution in [0.2, 0.25) is 0 Å². The number of ether oxygens (including phenoxy) is 1. The standard InChI is InChI=1S/C19H27N5O/c1-3-20-19(21-10-9-16-7-5-4-6-8-16)24-11-12-25-18(15-24)17-13-22-23(2)14-17/h4-8,13-14,18H,3,9-12,15H2,1-2H3,(H,20,21). The van der Waals surface area contributed by atoms with Crippen molar-refractivity contribution in [2.75, 3.05) is 32.8 Å². The van der Waals surface area contributed by atoms with Crippen LogP contribution >= 0.6 is 0 Å². The molecule has 2 heterocycles. The number of aryl methyl sites for hydroxylation is 1. The van der Waals surface area contributed by atoms with Crippen molar-refractivity contribution in [2.24, 2.45) is 12.0 Å². The monoisotopic (exact) mass is 341 g/mol. The number of rotatable bonds is 5. The zero-order valence-corrected chi connectivity index (χ0v) is 15.1. The van der Waals surface area contributed by atoms with Crippen molar-refractivity contribution in [3.8, 4) is 0 Å². The van der Waals surface area contributed by atoms with Gasteiger partial charge in [0.05, 0.1) is 19.3 Å². The number of benzene rings is 1. The summed E-state index contributed by atoms with van der Waals surface area (Å²) in [6.07, 6.45) is 4.90. The minimum Gasteiger partial charge on any atom is -0.370 e. The number of nitrogens with zero attached hydrogens (tertiary/aromatic N) is 4. The van der Waals surface area contributed by atoms with E-state index in [0.717, 1.165) is 44.1 Å². The molecule has 134 valence electrons. The Balaban J connectivity index is 1.63. The highest BCUT2D eigenvalue weighted by molar-refractivity contribution is 5.80. The van der Waals surface area contributed by atoms with E-state index in [1.165, 1.54) is 5.56 Å². The lowest BCUT2D eigenvalue weighted by atomic mass is 10.1. The first-order chi connectivity index (χ1) is 12.3. The van der Waals surface area contributed by atoms with Gasteiger partial charge in [-0.15, -0.1) is 0 Å². The van der Waals surface area contributed by atoms with E-state index in [-0.39, 0.29) is 6.10 Å². The Hall–Kier alpha value is -2.34. The van der Waals surface area contributed by atoms with E-state index in [0.29, 0.717) is 6.61 Å². The molecule has 1 aliphatic heterocycles. The molecule has 0 amide bonds. The minimum absolute atomic E-state index is 0.0421. The van der Waals surface area contributed by atoms with Crippen molar-refractivity contribution in [1.29, 1.82) is 0 Å². The van der Waals surface area contributed by atoms with Gasteiger partial charge in [-0.1, -0.05) is 30.3 Å². The molecule has 1 saturated heterocycles. The Bertz CT molecular complexity index is 682. The zero-order chi connectivity index (χ0) is 17.5. The summed E-state index contributed by atoms with van der Waals surface area (Å²) in [5.74, 6) is 0.968. The van der Waals surface area contributed by atoms with Crippen LogP contribution in [0.15, 0.2) is 47.7 Å². The van der Waals surface area contributed by atoms with Crippen LogP contribution in [0.1, 0.15) is 24.2 Å². The third-order valence-corrected chi connectivity index (χ3v) is 4.30. The normalized spacial score (nSPS) is 18.4. The summed E-state index contributed by atoms with van der Waals surface area (Å²) in [6.45, 7) is 6.09. The molecule has 1 atom stereocenters. The topological polar surface area (TPSA) is 54.7 Å². The maximum atomic E-state index is 5.93. The number of hydrogen-bond donors (Lipinski definition) is 1. The van der Waals surface area contributed by atoms with Gasteiger partial charge in [0.15, 0.2) is 5.96 Å². The molecule has 0 bridgehead atoms. The second kappa shape index (κ2) is 8.67. The molecule has 0 saturated carbocycles. The molecule has 2 aromatic rings. The van der Waals surface area contributed by atoms with E-state index in [2.05, 4.69) is 46.5 Å². The Morgan fingerprint density at radius 3 is 2.92 bits per heavy atom. The number of morpholine rings is 1. The van der Waals surface area contributed by atoms with Crippen LogP contribution < -0.4 is 5.32 Å². The fourth-order valence-corrected chi connectivity index (χ4v) is 3.01. The zero-order valence-electron chi connectivity index (χ0n) is 15.1. The minimum atomic E-state index is 0.0421. The first kappa shape index (κ1) is 17.5. The number of nitrogens with one attached hydrogen (secondary N) is 1. The largest absolute Gasteiger partial charge is 0.370 e. The van der Waals surface area contributed by atoms with Gasteiger partial charge in [-0.05, 0) is 18.9 Å². The lowest BCUT2D eigenvalue weighted by Gasteiger charge is -2.34. The quantitative estimate of drug-likeness (QED) is 0.668. The highest BCUT2D eigenvalue weighted by atomic mass is 16.5. The molecule has 1 fully saturated rings. The Kier molecular flexibility index (Phi) is 6.06. The molecular formula is C19H27N5O. The predicted octanol–water partition coefficient (Wildman–Crippen LogP) is 2.00. The summed E-state index contributed by atoms with van der Waals surface area (Å²) < 4.78 is 7.75. The predicted molar refractivity (Wildman–Crippen MR) is 99.6 cm³/mol. The third-order valence-electron chi connectivity index (χ3n) is 4.30. The molecule has 1 aromatic carbocycles. The molecule has 1 N–H and O–H groups in total. The maximum absolute atomic E-state index is 5.93. The summed E-state index contributed by atoms with van der Waals surface area (Å²) in [5.41, 5.74) is 2.43. The van der Waals surface area contributed by atoms with E-state index in [1.807, 2.05) is 30.2 Å². The number of guanidine groups is 1. The first-order valence-electron chi connectivity index (χ1n) is 8.93. The van der Waals surface area contributed by atoms with Gasteiger partial charge in [-0.25, -0.2) is 0 Å². The SMILES string of the molecule is CCNC(=NCCc1ccccc1)N1CCOC(c2cnn(C)c2)C1. The van der Waals surface area contributed by atoms with Crippen molar-refractivity contribution in [3.63, 3.8) is 0 Å². The average molecular weight is 341 g/mol. The molecule has 6 heteroatoms. The number of aliphatic imine (C=N–C) groups is 1. The van der Waals surface area contributed by atoms with Crippen LogP contribution in [0, 0.1) is 0 Å².